The topological polar surface area (TPSA) is 82.1 Å². The first-order chi connectivity index (χ1) is 10.3. The van der Waals surface area contributed by atoms with Crippen LogP contribution in [0.2, 0.25) is 0 Å². The van der Waals surface area contributed by atoms with E-state index in [0.717, 1.165) is 44.1 Å². The Kier molecular flexibility index (Phi) is 2.91. The van der Waals surface area contributed by atoms with E-state index in [4.69, 9.17) is 9.78 Å². The Labute approximate surface area is 121 Å². The third-order valence-corrected chi connectivity index (χ3v) is 4.14. The molecule has 7 heteroatoms. The van der Waals surface area contributed by atoms with Gasteiger partial charge in [-0.1, -0.05) is 5.16 Å². The summed E-state index contributed by atoms with van der Waals surface area (Å²) in [7, 11) is 0. The van der Waals surface area contributed by atoms with Crippen LogP contribution in [-0.2, 0) is 0 Å². The van der Waals surface area contributed by atoms with Crippen LogP contribution < -0.4 is 0 Å². The summed E-state index contributed by atoms with van der Waals surface area (Å²) in [5.74, 6) is 1.17. The molecule has 2 bridgehead atoms. The van der Waals surface area contributed by atoms with Gasteiger partial charge in [0, 0.05) is 44.5 Å². The second-order valence-corrected chi connectivity index (χ2v) is 5.35. The summed E-state index contributed by atoms with van der Waals surface area (Å²) in [4.78, 5) is 13.3. The molecule has 1 atom stereocenters. The number of rotatable bonds is 2. The predicted molar refractivity (Wildman–Crippen MR) is 73.0 cm³/mol. The van der Waals surface area contributed by atoms with E-state index in [9.17, 15) is 0 Å². The number of nitrogens with zero attached hydrogens (tertiary/aromatic N) is 6. The lowest BCUT2D eigenvalue weighted by Gasteiger charge is -2.46. The summed E-state index contributed by atoms with van der Waals surface area (Å²) in [5, 5.41) is 13.0. The first kappa shape index (κ1) is 12.4. The Hall–Kier alpha value is -2.30. The summed E-state index contributed by atoms with van der Waals surface area (Å²) in [6.07, 6.45) is 1.58. The molecule has 0 aromatic carbocycles. The fraction of sp³-hybridized carbons (Fsp3) is 0.429. The quantitative estimate of drug-likeness (QED) is 0.800. The molecule has 0 N–H and O–H groups in total. The molecule has 21 heavy (non-hydrogen) atoms. The number of hydrogen-bond acceptors (Lipinski definition) is 7. The number of aromatic nitrogens is 3. The van der Waals surface area contributed by atoms with Crippen LogP contribution in [0.15, 0.2) is 22.9 Å². The van der Waals surface area contributed by atoms with Crippen LogP contribution in [0.3, 0.4) is 0 Å². The van der Waals surface area contributed by atoms with Gasteiger partial charge in [0.05, 0.1) is 6.04 Å². The van der Waals surface area contributed by atoms with Crippen molar-refractivity contribution in [2.45, 2.75) is 6.04 Å². The van der Waals surface area contributed by atoms with Gasteiger partial charge in [0.15, 0.2) is 5.82 Å². The van der Waals surface area contributed by atoms with Crippen molar-refractivity contribution >= 4 is 0 Å². The monoisotopic (exact) mass is 282 g/mol. The summed E-state index contributed by atoms with van der Waals surface area (Å²) >= 11 is 0. The maximum absolute atomic E-state index is 8.90. The summed E-state index contributed by atoms with van der Waals surface area (Å²) < 4.78 is 5.37. The summed E-state index contributed by atoms with van der Waals surface area (Å²) in [5.41, 5.74) is 1.08. The third-order valence-electron chi connectivity index (χ3n) is 4.14. The van der Waals surface area contributed by atoms with Crippen molar-refractivity contribution < 1.29 is 4.52 Å². The molecule has 0 aliphatic carbocycles. The van der Waals surface area contributed by atoms with Crippen molar-refractivity contribution in [1.82, 2.24) is 24.9 Å². The fourth-order valence-electron chi connectivity index (χ4n) is 2.97. The highest BCUT2D eigenvalue weighted by molar-refractivity contribution is 5.54. The van der Waals surface area contributed by atoms with Crippen molar-refractivity contribution in [2.24, 2.45) is 0 Å². The van der Waals surface area contributed by atoms with Gasteiger partial charge < -0.3 is 4.52 Å². The number of fused-ring (bicyclic) bond motifs is 3. The van der Waals surface area contributed by atoms with Crippen molar-refractivity contribution in [3.8, 4) is 17.5 Å². The zero-order chi connectivity index (χ0) is 14.2. The molecule has 5 heterocycles. The summed E-state index contributed by atoms with van der Waals surface area (Å²) in [6, 6.07) is 5.66. The van der Waals surface area contributed by atoms with E-state index in [1.807, 2.05) is 6.07 Å². The number of piperazine rings is 3. The van der Waals surface area contributed by atoms with Gasteiger partial charge in [0.1, 0.15) is 11.8 Å². The minimum Gasteiger partial charge on any atom is -0.334 e. The van der Waals surface area contributed by atoms with Crippen molar-refractivity contribution in [2.75, 3.05) is 32.7 Å². The largest absolute Gasteiger partial charge is 0.334 e. The molecule has 5 rings (SSSR count). The molecule has 3 fully saturated rings. The van der Waals surface area contributed by atoms with E-state index in [2.05, 4.69) is 24.9 Å². The molecule has 7 nitrogen and oxygen atoms in total. The van der Waals surface area contributed by atoms with Gasteiger partial charge >= 0.3 is 0 Å². The number of hydrogen-bond donors (Lipinski definition) is 0. The molecule has 0 saturated carbocycles. The second kappa shape index (κ2) is 4.91. The first-order valence-corrected chi connectivity index (χ1v) is 7.00. The summed E-state index contributed by atoms with van der Waals surface area (Å²) in [6.45, 7) is 5.32. The van der Waals surface area contributed by atoms with Gasteiger partial charge in [-0.2, -0.15) is 10.2 Å². The lowest BCUT2D eigenvalue weighted by atomic mass is 10.1. The molecule has 3 aliphatic rings. The Balaban J connectivity index is 1.62. The molecular formula is C14H14N6O. The van der Waals surface area contributed by atoms with Gasteiger partial charge in [-0.15, -0.1) is 0 Å². The first-order valence-electron chi connectivity index (χ1n) is 7.00. The number of nitriles is 1. The maximum Gasteiger partial charge on any atom is 0.258 e. The van der Waals surface area contributed by atoms with Crippen LogP contribution in [0, 0.1) is 11.3 Å². The lowest BCUT2D eigenvalue weighted by molar-refractivity contribution is 0.00781. The Morgan fingerprint density at radius 2 is 2.14 bits per heavy atom. The van der Waals surface area contributed by atoms with Crippen LogP contribution in [-0.4, -0.2) is 57.6 Å². The van der Waals surface area contributed by atoms with E-state index >= 15 is 0 Å². The van der Waals surface area contributed by atoms with Crippen LogP contribution in [0.4, 0.5) is 0 Å². The van der Waals surface area contributed by atoms with Gasteiger partial charge in [-0.25, -0.2) is 4.98 Å². The van der Waals surface area contributed by atoms with Crippen LogP contribution in [0.25, 0.3) is 11.5 Å². The van der Waals surface area contributed by atoms with Gasteiger partial charge in [-0.05, 0) is 12.1 Å². The van der Waals surface area contributed by atoms with Crippen LogP contribution in [0.5, 0.6) is 0 Å². The predicted octanol–water partition coefficient (Wildman–Crippen LogP) is 0.676. The van der Waals surface area contributed by atoms with Crippen molar-refractivity contribution in [1.29, 1.82) is 5.26 Å². The zero-order valence-corrected chi connectivity index (χ0v) is 11.4. The zero-order valence-electron chi connectivity index (χ0n) is 11.4. The normalized spacial score (nSPS) is 27.5. The second-order valence-electron chi connectivity index (χ2n) is 5.35. The molecule has 0 radical (unpaired) electrons. The molecule has 1 unspecified atom stereocenters. The molecule has 2 aromatic rings. The van der Waals surface area contributed by atoms with E-state index < -0.39 is 0 Å². The van der Waals surface area contributed by atoms with Crippen molar-refractivity contribution in [3.63, 3.8) is 0 Å². The molecule has 106 valence electrons. The average Bonchev–Trinajstić information content (AvgIpc) is 3.06. The Morgan fingerprint density at radius 3 is 2.86 bits per heavy atom. The highest BCUT2D eigenvalue weighted by atomic mass is 16.5. The smallest absolute Gasteiger partial charge is 0.258 e. The standard InChI is InChI=1S/C14H14N6O/c15-8-11-7-10(1-2-16-11)14-17-13(18-21-14)12-9-19-3-5-20(12)6-4-19/h1-2,7,12H,3-6,9H2. The van der Waals surface area contributed by atoms with E-state index in [-0.39, 0.29) is 6.04 Å². The van der Waals surface area contributed by atoms with E-state index in [0.29, 0.717) is 11.6 Å². The maximum atomic E-state index is 8.90. The molecule has 3 saturated heterocycles. The third kappa shape index (κ3) is 2.18. The van der Waals surface area contributed by atoms with Crippen molar-refractivity contribution in [3.05, 3.63) is 29.8 Å². The average molecular weight is 282 g/mol. The van der Waals surface area contributed by atoms with Gasteiger partial charge in [0.2, 0.25) is 0 Å². The van der Waals surface area contributed by atoms with Gasteiger partial charge in [0.25, 0.3) is 5.89 Å². The highest BCUT2D eigenvalue weighted by Crippen LogP contribution is 2.28. The Bertz CT molecular complexity index is 697. The van der Waals surface area contributed by atoms with Crippen LogP contribution >= 0.6 is 0 Å². The van der Waals surface area contributed by atoms with E-state index in [1.54, 1.807) is 18.3 Å². The molecule has 0 spiro atoms. The highest BCUT2D eigenvalue weighted by Gasteiger charge is 2.35. The molecule has 0 amide bonds. The SMILES string of the molecule is N#Cc1cc(-c2nc(C3CN4CCN3CC4)no2)ccn1. The molecule has 3 aliphatic heterocycles. The minimum absolute atomic E-state index is 0.210. The van der Waals surface area contributed by atoms with Crippen LogP contribution in [0.1, 0.15) is 17.6 Å². The minimum atomic E-state index is 0.210. The van der Waals surface area contributed by atoms with E-state index in [1.165, 1.54) is 0 Å². The Morgan fingerprint density at radius 1 is 1.29 bits per heavy atom. The molecular weight excluding hydrogens is 268 g/mol. The van der Waals surface area contributed by atoms with Gasteiger partial charge in [-0.3, -0.25) is 9.80 Å². The fourth-order valence-corrected chi connectivity index (χ4v) is 2.97. The molecule has 2 aromatic heterocycles. The lowest BCUT2D eigenvalue weighted by Crippen LogP contribution is -2.57. The number of pyridine rings is 1.